The third-order valence-electron chi connectivity index (χ3n) is 2.41. The number of H-pyrrole nitrogens is 1. The molecule has 1 aromatic rings. The molecule has 1 atom stereocenters. The van der Waals surface area contributed by atoms with Crippen molar-refractivity contribution in [2.24, 2.45) is 4.99 Å². The van der Waals surface area contributed by atoms with E-state index in [1.807, 2.05) is 0 Å². The number of hydrogen-bond donors (Lipinski definition) is 2. The molecule has 1 saturated heterocycles. The normalized spacial score (nSPS) is 21.6. The number of carbonyl (C=O) groups is 1. The molecule has 2 aliphatic rings. The van der Waals surface area contributed by atoms with Crippen LogP contribution in [0.5, 0.6) is 0 Å². The number of cyclic esters (lactones) is 1. The Morgan fingerprint density at radius 3 is 3.19 bits per heavy atom. The Labute approximate surface area is 88.8 Å². The van der Waals surface area contributed by atoms with Crippen LogP contribution in [0.2, 0.25) is 0 Å². The molecule has 8 heteroatoms. The van der Waals surface area contributed by atoms with Crippen molar-refractivity contribution in [3.63, 3.8) is 0 Å². The van der Waals surface area contributed by atoms with Crippen LogP contribution in [0.1, 0.15) is 0 Å². The number of fused-ring (bicyclic) bond motifs is 3. The van der Waals surface area contributed by atoms with Crippen LogP contribution in [0.3, 0.4) is 0 Å². The summed E-state index contributed by atoms with van der Waals surface area (Å²) in [7, 11) is 0. The Kier molecular flexibility index (Phi) is 1.56. The van der Waals surface area contributed by atoms with Gasteiger partial charge in [0.15, 0.2) is 11.5 Å². The summed E-state index contributed by atoms with van der Waals surface area (Å²) >= 11 is 0. The fourth-order valence-electron chi connectivity index (χ4n) is 1.74. The summed E-state index contributed by atoms with van der Waals surface area (Å²) in [6.07, 6.45) is 0.938. The standard InChI is InChI=1S/C8H7N5O3/c9-7-11-5-4(6(14)12-7)13-3(1-10-5)2-16-8(13)15/h1,3H,2H2,(H3,9,11,12,14). The fraction of sp³-hybridized carbons (Fsp3) is 0.250. The molecule has 0 bridgehead atoms. The lowest BCUT2D eigenvalue weighted by Crippen LogP contribution is -2.40. The van der Waals surface area contributed by atoms with Crippen LogP contribution in [-0.4, -0.2) is 34.9 Å². The molecule has 3 rings (SSSR count). The van der Waals surface area contributed by atoms with Gasteiger partial charge < -0.3 is 10.5 Å². The lowest BCUT2D eigenvalue weighted by Gasteiger charge is -2.21. The van der Waals surface area contributed by atoms with Gasteiger partial charge in [-0.15, -0.1) is 0 Å². The zero-order valence-corrected chi connectivity index (χ0v) is 8.01. The number of carbonyl (C=O) groups excluding carboxylic acids is 1. The largest absolute Gasteiger partial charge is 0.447 e. The SMILES string of the molecule is Nc1nc2c(c(=O)[nH]1)N1C(=O)OCC1C=N2. The monoisotopic (exact) mass is 221 g/mol. The quantitative estimate of drug-likeness (QED) is 0.606. The van der Waals surface area contributed by atoms with Gasteiger partial charge in [-0.3, -0.25) is 14.7 Å². The molecule has 0 radical (unpaired) electrons. The molecule has 3 heterocycles. The van der Waals surface area contributed by atoms with Gasteiger partial charge in [-0.25, -0.2) is 9.79 Å². The lowest BCUT2D eigenvalue weighted by atomic mass is 10.2. The molecule has 1 fully saturated rings. The first-order chi connectivity index (χ1) is 7.66. The van der Waals surface area contributed by atoms with Gasteiger partial charge in [0.1, 0.15) is 12.6 Å². The van der Waals surface area contributed by atoms with Gasteiger partial charge in [-0.1, -0.05) is 0 Å². The van der Waals surface area contributed by atoms with Crippen molar-refractivity contribution in [1.29, 1.82) is 0 Å². The van der Waals surface area contributed by atoms with Crippen molar-refractivity contribution >= 4 is 29.8 Å². The van der Waals surface area contributed by atoms with Crippen molar-refractivity contribution in [3.8, 4) is 0 Å². The smallest absolute Gasteiger partial charge is 0.415 e. The average molecular weight is 221 g/mol. The predicted octanol–water partition coefficient (Wildman–Crippen LogP) is -0.607. The first kappa shape index (κ1) is 8.89. The molecule has 0 aliphatic carbocycles. The van der Waals surface area contributed by atoms with Crippen LogP contribution in [0.15, 0.2) is 9.79 Å². The maximum absolute atomic E-state index is 11.7. The van der Waals surface area contributed by atoms with Crippen molar-refractivity contribution < 1.29 is 9.53 Å². The highest BCUT2D eigenvalue weighted by Crippen LogP contribution is 2.30. The van der Waals surface area contributed by atoms with Gasteiger partial charge >= 0.3 is 6.09 Å². The van der Waals surface area contributed by atoms with Crippen LogP contribution < -0.4 is 16.2 Å². The number of nitrogens with zero attached hydrogens (tertiary/aromatic N) is 3. The number of nitrogens with two attached hydrogens (primary N) is 1. The maximum Gasteiger partial charge on any atom is 0.415 e. The highest BCUT2D eigenvalue weighted by molar-refractivity contribution is 6.00. The molecule has 2 aliphatic heterocycles. The molecule has 8 nitrogen and oxygen atoms in total. The van der Waals surface area contributed by atoms with E-state index < -0.39 is 11.7 Å². The second kappa shape index (κ2) is 2.81. The number of aromatic nitrogens is 2. The van der Waals surface area contributed by atoms with E-state index in [9.17, 15) is 9.59 Å². The number of hydrogen-bond acceptors (Lipinski definition) is 6. The van der Waals surface area contributed by atoms with E-state index in [0.29, 0.717) is 0 Å². The molecule has 82 valence electrons. The Hall–Kier alpha value is -2.38. The minimum Gasteiger partial charge on any atom is -0.447 e. The number of aliphatic imine (C=N–C) groups is 1. The van der Waals surface area contributed by atoms with Gasteiger partial charge in [0.05, 0.1) is 0 Å². The zero-order chi connectivity index (χ0) is 11.3. The summed E-state index contributed by atoms with van der Waals surface area (Å²) < 4.78 is 4.83. The highest BCUT2D eigenvalue weighted by atomic mass is 16.6. The predicted molar refractivity (Wildman–Crippen MR) is 55.0 cm³/mol. The highest BCUT2D eigenvalue weighted by Gasteiger charge is 2.39. The summed E-state index contributed by atoms with van der Waals surface area (Å²) in [6, 6.07) is -0.341. The molecule has 0 saturated carbocycles. The van der Waals surface area contributed by atoms with Gasteiger partial charge in [0.25, 0.3) is 5.56 Å². The molecule has 0 spiro atoms. The van der Waals surface area contributed by atoms with Crippen molar-refractivity contribution in [1.82, 2.24) is 9.97 Å². The van der Waals surface area contributed by atoms with E-state index in [0.717, 1.165) is 0 Å². The second-order valence-corrected chi connectivity index (χ2v) is 3.42. The van der Waals surface area contributed by atoms with Crippen LogP contribution >= 0.6 is 0 Å². The topological polar surface area (TPSA) is 114 Å². The van der Waals surface area contributed by atoms with Gasteiger partial charge in [0, 0.05) is 6.21 Å². The first-order valence-corrected chi connectivity index (χ1v) is 4.57. The number of amides is 1. The number of nitrogen functional groups attached to an aromatic ring is 1. The average Bonchev–Trinajstić information content (AvgIpc) is 2.60. The third-order valence-corrected chi connectivity index (χ3v) is 2.41. The lowest BCUT2D eigenvalue weighted by molar-refractivity contribution is 0.180. The number of aromatic amines is 1. The summed E-state index contributed by atoms with van der Waals surface area (Å²) in [4.78, 5) is 34.5. The van der Waals surface area contributed by atoms with E-state index in [1.165, 1.54) is 11.1 Å². The summed E-state index contributed by atoms with van der Waals surface area (Å²) in [5.74, 6) is 0.100. The zero-order valence-electron chi connectivity index (χ0n) is 8.01. The minimum atomic E-state index is -0.575. The number of nitrogens with one attached hydrogen (secondary N) is 1. The molecule has 1 unspecified atom stereocenters. The van der Waals surface area contributed by atoms with E-state index in [-0.39, 0.29) is 30.1 Å². The minimum absolute atomic E-state index is 0.0353. The Balaban J connectivity index is 2.27. The first-order valence-electron chi connectivity index (χ1n) is 4.57. The Morgan fingerprint density at radius 2 is 2.38 bits per heavy atom. The van der Waals surface area contributed by atoms with Crippen LogP contribution in [0, 0.1) is 0 Å². The summed E-state index contributed by atoms with van der Waals surface area (Å²) in [5.41, 5.74) is 4.97. The van der Waals surface area contributed by atoms with E-state index >= 15 is 0 Å². The van der Waals surface area contributed by atoms with E-state index in [1.54, 1.807) is 0 Å². The molecule has 1 aromatic heterocycles. The van der Waals surface area contributed by atoms with Crippen LogP contribution in [0.25, 0.3) is 0 Å². The summed E-state index contributed by atoms with van der Waals surface area (Å²) in [5, 5.41) is 0. The van der Waals surface area contributed by atoms with E-state index in [2.05, 4.69) is 15.0 Å². The maximum atomic E-state index is 11.7. The molecular weight excluding hydrogens is 214 g/mol. The molecular formula is C8H7N5O3. The Morgan fingerprint density at radius 1 is 1.56 bits per heavy atom. The van der Waals surface area contributed by atoms with Crippen molar-refractivity contribution in [2.45, 2.75) is 6.04 Å². The van der Waals surface area contributed by atoms with Gasteiger partial charge in [0.2, 0.25) is 5.95 Å². The molecule has 1 amide bonds. The number of anilines is 2. The van der Waals surface area contributed by atoms with Crippen molar-refractivity contribution in [3.05, 3.63) is 10.4 Å². The molecule has 16 heavy (non-hydrogen) atoms. The molecule has 3 N–H and O–H groups in total. The van der Waals surface area contributed by atoms with Gasteiger partial charge in [-0.05, 0) is 0 Å². The molecule has 0 aromatic carbocycles. The van der Waals surface area contributed by atoms with Gasteiger partial charge in [-0.2, -0.15) is 4.98 Å². The van der Waals surface area contributed by atoms with Crippen LogP contribution in [0.4, 0.5) is 22.2 Å². The Bertz CT molecular complexity index is 563. The number of ether oxygens (including phenoxy) is 1. The summed E-state index contributed by atoms with van der Waals surface area (Å²) in [6.45, 7) is 0.186. The van der Waals surface area contributed by atoms with Crippen molar-refractivity contribution in [2.75, 3.05) is 17.2 Å². The third kappa shape index (κ3) is 1.03. The second-order valence-electron chi connectivity index (χ2n) is 3.42. The number of rotatable bonds is 0. The fourth-order valence-corrected chi connectivity index (χ4v) is 1.74. The van der Waals surface area contributed by atoms with E-state index in [4.69, 9.17) is 10.5 Å². The van der Waals surface area contributed by atoms with Crippen LogP contribution in [-0.2, 0) is 4.74 Å².